The van der Waals surface area contributed by atoms with Gasteiger partial charge in [0.1, 0.15) is 0 Å². The summed E-state index contributed by atoms with van der Waals surface area (Å²) in [7, 11) is 2.18. The van der Waals surface area contributed by atoms with Gasteiger partial charge in [-0.05, 0) is 38.6 Å². The lowest BCUT2D eigenvalue weighted by Crippen LogP contribution is -2.41. The smallest absolute Gasteiger partial charge is 0.241 e. The number of hydrogen-bond acceptors (Lipinski definition) is 3. The summed E-state index contributed by atoms with van der Waals surface area (Å²) in [6.45, 7) is 8.38. The molecule has 1 heterocycles. The third-order valence-corrected chi connectivity index (χ3v) is 4.31. The van der Waals surface area contributed by atoms with Crippen LogP contribution >= 0.6 is 0 Å². The first-order chi connectivity index (χ1) is 9.02. The predicted octanol–water partition coefficient (Wildman–Crippen LogP) is 1.66. The number of nitrogens with one attached hydrogen (secondary N) is 1. The van der Waals surface area contributed by atoms with Crippen LogP contribution in [0, 0.1) is 5.92 Å². The molecule has 2 unspecified atom stereocenters. The lowest BCUT2D eigenvalue weighted by atomic mass is 10.0. The molecule has 2 rings (SSSR count). The van der Waals surface area contributed by atoms with E-state index in [2.05, 4.69) is 42.9 Å². The summed E-state index contributed by atoms with van der Waals surface area (Å²) in [5.41, 5.74) is 0. The van der Waals surface area contributed by atoms with Crippen molar-refractivity contribution in [3.05, 3.63) is 0 Å². The zero-order chi connectivity index (χ0) is 14.0. The molecule has 1 N–H and O–H groups in total. The van der Waals surface area contributed by atoms with Gasteiger partial charge in [0.25, 0.3) is 0 Å². The van der Waals surface area contributed by atoms with Crippen molar-refractivity contribution in [1.29, 1.82) is 0 Å². The van der Waals surface area contributed by atoms with E-state index < -0.39 is 0 Å². The summed E-state index contributed by atoms with van der Waals surface area (Å²) in [6.07, 6.45) is 4.84. The summed E-state index contributed by atoms with van der Waals surface area (Å²) in [4.78, 5) is 16.9. The monoisotopic (exact) mass is 267 g/mol. The lowest BCUT2D eigenvalue weighted by Gasteiger charge is -2.26. The van der Waals surface area contributed by atoms with Crippen LogP contribution in [0.1, 0.15) is 46.5 Å². The van der Waals surface area contributed by atoms with Crippen molar-refractivity contribution < 1.29 is 4.79 Å². The first-order valence-corrected chi connectivity index (χ1v) is 7.79. The molecule has 2 aliphatic rings. The van der Waals surface area contributed by atoms with E-state index in [1.165, 1.54) is 12.8 Å². The maximum Gasteiger partial charge on any atom is 0.241 e. The topological polar surface area (TPSA) is 35.6 Å². The van der Waals surface area contributed by atoms with Gasteiger partial charge >= 0.3 is 0 Å². The van der Waals surface area contributed by atoms with E-state index in [9.17, 15) is 4.79 Å². The van der Waals surface area contributed by atoms with E-state index in [4.69, 9.17) is 0 Å². The fraction of sp³-hybridized carbons (Fsp3) is 0.933. The molecule has 0 bridgehead atoms. The number of hydrogen-bond donors (Lipinski definition) is 1. The van der Waals surface area contributed by atoms with Gasteiger partial charge < -0.3 is 9.80 Å². The molecule has 1 aliphatic heterocycles. The van der Waals surface area contributed by atoms with Crippen molar-refractivity contribution in [2.75, 3.05) is 20.1 Å². The Kier molecular flexibility index (Phi) is 4.85. The van der Waals surface area contributed by atoms with Gasteiger partial charge in [-0.2, -0.15) is 0 Å². The number of carbonyl (C=O) groups excluding carboxylic acids is 1. The molecule has 1 amide bonds. The van der Waals surface area contributed by atoms with Crippen LogP contribution in [-0.4, -0.2) is 54.1 Å². The molecule has 0 spiro atoms. The van der Waals surface area contributed by atoms with Crippen molar-refractivity contribution in [3.63, 3.8) is 0 Å². The van der Waals surface area contributed by atoms with E-state index >= 15 is 0 Å². The van der Waals surface area contributed by atoms with E-state index in [0.717, 1.165) is 32.0 Å². The maximum atomic E-state index is 12.5. The number of likely N-dealkylation sites (N-methyl/N-ethyl adjacent to an activating group) is 1. The van der Waals surface area contributed by atoms with Gasteiger partial charge in [0.05, 0.1) is 12.2 Å². The van der Waals surface area contributed by atoms with Gasteiger partial charge in [-0.1, -0.05) is 20.8 Å². The number of nitrogens with zero attached hydrogens (tertiary/aromatic N) is 2. The third-order valence-electron chi connectivity index (χ3n) is 4.31. The largest absolute Gasteiger partial charge is 0.325 e. The van der Waals surface area contributed by atoms with Crippen molar-refractivity contribution in [2.45, 2.75) is 64.7 Å². The predicted molar refractivity (Wildman–Crippen MR) is 77.8 cm³/mol. The van der Waals surface area contributed by atoms with Crippen LogP contribution < -0.4 is 5.32 Å². The van der Waals surface area contributed by atoms with Gasteiger partial charge in [0.2, 0.25) is 5.91 Å². The summed E-state index contributed by atoms with van der Waals surface area (Å²) < 4.78 is 0. The van der Waals surface area contributed by atoms with Crippen LogP contribution in [0.2, 0.25) is 0 Å². The van der Waals surface area contributed by atoms with Gasteiger partial charge in [0.15, 0.2) is 0 Å². The molecule has 1 aliphatic carbocycles. The molecular weight excluding hydrogens is 238 g/mol. The highest BCUT2D eigenvalue weighted by Gasteiger charge is 2.38. The Hall–Kier alpha value is -0.610. The highest BCUT2D eigenvalue weighted by molar-refractivity contribution is 5.84. The van der Waals surface area contributed by atoms with Gasteiger partial charge in [0, 0.05) is 19.1 Å². The molecule has 2 atom stereocenters. The first-order valence-electron chi connectivity index (χ1n) is 7.79. The van der Waals surface area contributed by atoms with E-state index in [0.29, 0.717) is 11.8 Å². The molecule has 110 valence electrons. The van der Waals surface area contributed by atoms with Crippen molar-refractivity contribution >= 4 is 5.91 Å². The van der Waals surface area contributed by atoms with Crippen LogP contribution in [0.3, 0.4) is 0 Å². The first kappa shape index (κ1) is 14.8. The van der Waals surface area contributed by atoms with Gasteiger partial charge in [-0.15, -0.1) is 0 Å². The van der Waals surface area contributed by atoms with Crippen molar-refractivity contribution in [3.8, 4) is 0 Å². The van der Waals surface area contributed by atoms with Crippen LogP contribution in [0.4, 0.5) is 0 Å². The zero-order valence-corrected chi connectivity index (χ0v) is 12.9. The lowest BCUT2D eigenvalue weighted by molar-refractivity contribution is -0.130. The Morgan fingerprint density at radius 1 is 1.42 bits per heavy atom. The molecule has 1 saturated carbocycles. The Bertz CT molecular complexity index is 315. The molecule has 4 nitrogen and oxygen atoms in total. The summed E-state index contributed by atoms with van der Waals surface area (Å²) in [5, 5.41) is 3.50. The molecular formula is C15H29N3O. The molecule has 4 heteroatoms. The Labute approximate surface area is 117 Å². The Morgan fingerprint density at radius 2 is 2.11 bits per heavy atom. The molecule has 0 aromatic rings. The molecule has 1 saturated heterocycles. The van der Waals surface area contributed by atoms with Crippen molar-refractivity contribution in [1.82, 2.24) is 15.1 Å². The average molecular weight is 267 g/mol. The van der Waals surface area contributed by atoms with E-state index in [1.54, 1.807) is 0 Å². The molecule has 0 aromatic carbocycles. The SMILES string of the molecule is CCC1NC(CC(C)C)C(=O)N1CCN(C)C1CC1. The van der Waals surface area contributed by atoms with Crippen LogP contribution in [0.25, 0.3) is 0 Å². The normalized spacial score (nSPS) is 27.9. The molecule has 0 aromatic heterocycles. The number of carbonyl (C=O) groups is 1. The zero-order valence-electron chi connectivity index (χ0n) is 12.9. The molecule has 2 fully saturated rings. The van der Waals surface area contributed by atoms with Gasteiger partial charge in [-0.3, -0.25) is 10.1 Å². The maximum absolute atomic E-state index is 12.5. The average Bonchev–Trinajstić information content (AvgIpc) is 3.15. The van der Waals surface area contributed by atoms with Crippen molar-refractivity contribution in [2.24, 2.45) is 5.92 Å². The second-order valence-electron chi connectivity index (χ2n) is 6.52. The second-order valence-corrected chi connectivity index (χ2v) is 6.52. The van der Waals surface area contributed by atoms with E-state index in [-0.39, 0.29) is 12.2 Å². The molecule has 0 radical (unpaired) electrons. The fourth-order valence-electron chi connectivity index (χ4n) is 2.96. The number of rotatable bonds is 7. The minimum Gasteiger partial charge on any atom is -0.325 e. The Balaban J connectivity index is 1.87. The standard InChI is InChI=1S/C15H29N3O/c1-5-14-16-13(10-11(2)3)15(19)18(14)9-8-17(4)12-6-7-12/h11-14,16H,5-10H2,1-4H3. The number of amides is 1. The van der Waals surface area contributed by atoms with Crippen LogP contribution in [0.5, 0.6) is 0 Å². The highest BCUT2D eigenvalue weighted by atomic mass is 16.2. The minimum atomic E-state index is 0.0381. The Morgan fingerprint density at radius 3 is 2.63 bits per heavy atom. The van der Waals surface area contributed by atoms with Gasteiger partial charge in [-0.25, -0.2) is 0 Å². The summed E-state index contributed by atoms with van der Waals surface area (Å²) in [5.74, 6) is 0.873. The van der Waals surface area contributed by atoms with E-state index in [1.807, 2.05) is 0 Å². The third kappa shape index (κ3) is 3.69. The van der Waals surface area contributed by atoms with Crippen LogP contribution in [0.15, 0.2) is 0 Å². The fourth-order valence-corrected chi connectivity index (χ4v) is 2.96. The summed E-state index contributed by atoms with van der Waals surface area (Å²) >= 11 is 0. The summed E-state index contributed by atoms with van der Waals surface area (Å²) in [6, 6.07) is 0.813. The van der Waals surface area contributed by atoms with Crippen LogP contribution in [-0.2, 0) is 4.79 Å². The quantitative estimate of drug-likeness (QED) is 0.762. The second kappa shape index (κ2) is 6.23. The highest BCUT2D eigenvalue weighted by Crippen LogP contribution is 2.25. The molecule has 19 heavy (non-hydrogen) atoms. The minimum absolute atomic E-state index is 0.0381.